The Morgan fingerprint density at radius 2 is 1.97 bits per heavy atom. The standard InChI is InChI=1S/C22H22N4O2S/c27-21-14-25(12-16-5-8-29-15-16)22(28)20-13-24(6-7-26(20)21)11-17-9-18-3-1-2-4-19(18)23-10-17/h1-5,8-10,15,20H,6-7,11-14H2. The van der Waals surface area contributed by atoms with Crippen LogP contribution in [0.25, 0.3) is 10.9 Å². The predicted molar refractivity (Wildman–Crippen MR) is 112 cm³/mol. The number of hydrogen-bond acceptors (Lipinski definition) is 5. The number of hydrogen-bond donors (Lipinski definition) is 0. The van der Waals surface area contributed by atoms with Crippen molar-refractivity contribution in [1.82, 2.24) is 19.7 Å². The second-order valence-corrected chi connectivity index (χ2v) is 8.48. The minimum absolute atomic E-state index is 0.0526. The van der Waals surface area contributed by atoms with Crippen molar-refractivity contribution in [1.29, 1.82) is 0 Å². The largest absolute Gasteiger partial charge is 0.327 e. The number of para-hydroxylation sites is 1. The molecule has 0 radical (unpaired) electrons. The zero-order chi connectivity index (χ0) is 19.8. The molecule has 1 atom stereocenters. The second kappa shape index (κ2) is 7.57. The fraction of sp³-hybridized carbons (Fsp3) is 0.318. The number of amides is 2. The third kappa shape index (κ3) is 3.63. The van der Waals surface area contributed by atoms with Gasteiger partial charge in [0.25, 0.3) is 0 Å². The number of piperazine rings is 2. The summed E-state index contributed by atoms with van der Waals surface area (Å²) < 4.78 is 0. The maximum Gasteiger partial charge on any atom is 0.247 e. The van der Waals surface area contributed by atoms with Crippen molar-refractivity contribution in [3.8, 4) is 0 Å². The summed E-state index contributed by atoms with van der Waals surface area (Å²) in [6, 6.07) is 11.8. The van der Waals surface area contributed by atoms with Crippen molar-refractivity contribution < 1.29 is 9.59 Å². The first-order valence-electron chi connectivity index (χ1n) is 9.83. The van der Waals surface area contributed by atoms with Gasteiger partial charge in [0, 0.05) is 44.3 Å². The van der Waals surface area contributed by atoms with E-state index < -0.39 is 6.04 Å². The topological polar surface area (TPSA) is 56.8 Å². The van der Waals surface area contributed by atoms with Gasteiger partial charge in [-0.1, -0.05) is 18.2 Å². The number of fused-ring (bicyclic) bond motifs is 2. The van der Waals surface area contributed by atoms with E-state index in [9.17, 15) is 9.59 Å². The third-order valence-electron chi connectivity index (χ3n) is 5.71. The van der Waals surface area contributed by atoms with Crippen molar-refractivity contribution >= 4 is 34.1 Å². The Hall–Kier alpha value is -2.77. The Morgan fingerprint density at radius 1 is 1.07 bits per heavy atom. The summed E-state index contributed by atoms with van der Waals surface area (Å²) in [6.45, 7) is 3.36. The van der Waals surface area contributed by atoms with Crippen molar-refractivity contribution in [2.24, 2.45) is 0 Å². The second-order valence-electron chi connectivity index (χ2n) is 7.70. The minimum atomic E-state index is -0.392. The van der Waals surface area contributed by atoms with Gasteiger partial charge in [-0.05, 0) is 40.1 Å². The van der Waals surface area contributed by atoms with Crippen molar-refractivity contribution in [3.05, 3.63) is 64.5 Å². The molecular formula is C22H22N4O2S. The lowest BCUT2D eigenvalue weighted by atomic mass is 10.1. The molecule has 0 spiro atoms. The van der Waals surface area contributed by atoms with Gasteiger partial charge in [0.1, 0.15) is 12.6 Å². The molecule has 2 aliphatic heterocycles. The molecule has 5 rings (SSSR count). The smallest absolute Gasteiger partial charge is 0.247 e. The van der Waals surface area contributed by atoms with Crippen molar-refractivity contribution in [3.63, 3.8) is 0 Å². The molecule has 2 aliphatic rings. The normalized spacial score (nSPS) is 20.3. The fourth-order valence-corrected chi connectivity index (χ4v) is 4.89. The van der Waals surface area contributed by atoms with Crippen LogP contribution in [0.2, 0.25) is 0 Å². The van der Waals surface area contributed by atoms with Crippen molar-refractivity contribution in [2.45, 2.75) is 19.1 Å². The molecule has 1 unspecified atom stereocenters. The number of carbonyl (C=O) groups is 2. The number of carbonyl (C=O) groups excluding carboxylic acids is 2. The van der Waals surface area contributed by atoms with E-state index in [0.29, 0.717) is 19.6 Å². The summed E-state index contributed by atoms with van der Waals surface area (Å²) in [5.41, 5.74) is 3.19. The maximum atomic E-state index is 13.1. The van der Waals surface area contributed by atoms with Crippen LogP contribution in [0.1, 0.15) is 11.1 Å². The summed E-state index contributed by atoms with van der Waals surface area (Å²) in [7, 11) is 0. The molecule has 0 N–H and O–H groups in total. The number of rotatable bonds is 4. The minimum Gasteiger partial charge on any atom is -0.327 e. The fourth-order valence-electron chi connectivity index (χ4n) is 4.23. The zero-order valence-corrected chi connectivity index (χ0v) is 16.8. The highest BCUT2D eigenvalue weighted by Gasteiger charge is 2.42. The SMILES string of the molecule is O=C1C2CN(Cc3cnc4ccccc4c3)CCN2C(=O)CN1Cc1ccsc1. The molecule has 6 nitrogen and oxygen atoms in total. The lowest BCUT2D eigenvalue weighted by molar-refractivity contribution is -0.160. The van der Waals surface area contributed by atoms with Crippen LogP contribution in [0.15, 0.2) is 53.4 Å². The number of thiophene rings is 1. The van der Waals surface area contributed by atoms with E-state index in [2.05, 4.69) is 22.0 Å². The molecule has 1 aromatic carbocycles. The molecule has 4 heterocycles. The van der Waals surface area contributed by atoms with Gasteiger partial charge < -0.3 is 9.80 Å². The van der Waals surface area contributed by atoms with E-state index in [4.69, 9.17) is 0 Å². The molecule has 0 saturated carbocycles. The lowest BCUT2D eigenvalue weighted by Crippen LogP contribution is -2.66. The molecule has 2 saturated heterocycles. The van der Waals surface area contributed by atoms with E-state index in [-0.39, 0.29) is 18.4 Å². The molecule has 3 aromatic rings. The Kier molecular flexibility index (Phi) is 4.77. The number of aromatic nitrogens is 1. The Morgan fingerprint density at radius 3 is 2.83 bits per heavy atom. The van der Waals surface area contributed by atoms with E-state index in [1.807, 2.05) is 41.2 Å². The molecule has 148 valence electrons. The third-order valence-corrected chi connectivity index (χ3v) is 6.45. The first-order chi connectivity index (χ1) is 14.2. The van der Waals surface area contributed by atoms with Gasteiger partial charge >= 0.3 is 0 Å². The highest BCUT2D eigenvalue weighted by Crippen LogP contribution is 2.22. The average Bonchev–Trinajstić information content (AvgIpc) is 3.25. The highest BCUT2D eigenvalue weighted by molar-refractivity contribution is 7.07. The van der Waals surface area contributed by atoms with Gasteiger partial charge in [0.2, 0.25) is 11.8 Å². The number of pyridine rings is 1. The van der Waals surface area contributed by atoms with Gasteiger partial charge in [0.15, 0.2) is 0 Å². The van der Waals surface area contributed by atoms with Crippen LogP contribution in [0, 0.1) is 0 Å². The summed E-state index contributed by atoms with van der Waals surface area (Å²) >= 11 is 1.61. The summed E-state index contributed by atoms with van der Waals surface area (Å²) in [5.74, 6) is 0.106. The van der Waals surface area contributed by atoms with E-state index in [0.717, 1.165) is 35.1 Å². The Labute approximate surface area is 173 Å². The molecule has 29 heavy (non-hydrogen) atoms. The number of benzene rings is 1. The van der Waals surface area contributed by atoms with Crippen LogP contribution in [0.4, 0.5) is 0 Å². The lowest BCUT2D eigenvalue weighted by Gasteiger charge is -2.46. The van der Waals surface area contributed by atoms with Gasteiger partial charge in [-0.15, -0.1) is 0 Å². The summed E-state index contributed by atoms with van der Waals surface area (Å²) in [6.07, 6.45) is 1.91. The molecule has 2 fully saturated rings. The van der Waals surface area contributed by atoms with E-state index in [1.165, 1.54) is 0 Å². The Balaban J connectivity index is 1.30. The Bertz CT molecular complexity index is 1050. The van der Waals surface area contributed by atoms with Crippen molar-refractivity contribution in [2.75, 3.05) is 26.2 Å². The van der Waals surface area contributed by atoms with E-state index in [1.54, 1.807) is 21.1 Å². The van der Waals surface area contributed by atoms with Crippen LogP contribution >= 0.6 is 11.3 Å². The molecule has 7 heteroatoms. The summed E-state index contributed by atoms with van der Waals surface area (Å²) in [4.78, 5) is 36.0. The molecule has 0 bridgehead atoms. The van der Waals surface area contributed by atoms with Gasteiger partial charge in [-0.3, -0.25) is 19.5 Å². The summed E-state index contributed by atoms with van der Waals surface area (Å²) in [5, 5.41) is 5.15. The first kappa shape index (κ1) is 18.3. The van der Waals surface area contributed by atoms with Crippen LogP contribution < -0.4 is 0 Å². The zero-order valence-electron chi connectivity index (χ0n) is 16.0. The monoisotopic (exact) mass is 406 g/mol. The van der Waals surface area contributed by atoms with Gasteiger partial charge in [-0.2, -0.15) is 11.3 Å². The van der Waals surface area contributed by atoms with Crippen LogP contribution in [0.3, 0.4) is 0 Å². The van der Waals surface area contributed by atoms with Gasteiger partial charge in [-0.25, -0.2) is 0 Å². The molecule has 2 amide bonds. The van der Waals surface area contributed by atoms with Crippen LogP contribution in [-0.2, 0) is 22.7 Å². The van der Waals surface area contributed by atoms with Crippen LogP contribution in [-0.4, -0.2) is 63.7 Å². The predicted octanol–water partition coefficient (Wildman–Crippen LogP) is 2.35. The average molecular weight is 407 g/mol. The quantitative estimate of drug-likeness (QED) is 0.668. The molecule has 2 aromatic heterocycles. The van der Waals surface area contributed by atoms with Gasteiger partial charge in [0.05, 0.1) is 5.52 Å². The van der Waals surface area contributed by atoms with Crippen LogP contribution in [0.5, 0.6) is 0 Å². The van der Waals surface area contributed by atoms with E-state index >= 15 is 0 Å². The molecule has 0 aliphatic carbocycles. The highest BCUT2D eigenvalue weighted by atomic mass is 32.1. The maximum absolute atomic E-state index is 13.1. The number of nitrogens with zero attached hydrogens (tertiary/aromatic N) is 4. The molecular weight excluding hydrogens is 384 g/mol. The first-order valence-corrected chi connectivity index (χ1v) is 10.8.